The first-order valence-corrected chi connectivity index (χ1v) is 4.49. The van der Waals surface area contributed by atoms with Crippen LogP contribution in [-0.2, 0) is 4.74 Å². The number of hydrogen-bond donors (Lipinski definition) is 1. The fraction of sp³-hybridized carbons (Fsp3) is 0.500. The Labute approximate surface area is 78.9 Å². The van der Waals surface area contributed by atoms with Gasteiger partial charge < -0.3 is 10.5 Å². The van der Waals surface area contributed by atoms with Crippen LogP contribution in [0.2, 0.25) is 0 Å². The number of nitrogens with two attached hydrogens (primary N) is 1. The van der Waals surface area contributed by atoms with Crippen molar-refractivity contribution in [2.45, 2.75) is 19.9 Å². The summed E-state index contributed by atoms with van der Waals surface area (Å²) in [6.07, 6.45) is 3.58. The molecule has 3 nitrogen and oxygen atoms in total. The van der Waals surface area contributed by atoms with Crippen molar-refractivity contribution in [3.63, 3.8) is 0 Å². The Kier molecular flexibility index (Phi) is 3.86. The van der Waals surface area contributed by atoms with Gasteiger partial charge in [-0.25, -0.2) is 0 Å². The van der Waals surface area contributed by atoms with Crippen molar-refractivity contribution < 1.29 is 4.74 Å². The molecule has 0 amide bonds. The van der Waals surface area contributed by atoms with Gasteiger partial charge in [0.05, 0.1) is 12.6 Å². The molecule has 0 saturated heterocycles. The van der Waals surface area contributed by atoms with Gasteiger partial charge in [0.25, 0.3) is 0 Å². The Morgan fingerprint density at radius 3 is 3.00 bits per heavy atom. The summed E-state index contributed by atoms with van der Waals surface area (Å²) in [5.41, 5.74) is 8.16. The van der Waals surface area contributed by atoms with Crippen LogP contribution in [-0.4, -0.2) is 18.2 Å². The van der Waals surface area contributed by atoms with Crippen LogP contribution < -0.4 is 5.73 Å². The van der Waals surface area contributed by atoms with Crippen LogP contribution in [0, 0.1) is 6.92 Å². The fourth-order valence-corrected chi connectivity index (χ4v) is 1.23. The zero-order valence-electron chi connectivity index (χ0n) is 8.16. The third-order valence-electron chi connectivity index (χ3n) is 1.96. The van der Waals surface area contributed by atoms with E-state index >= 15 is 0 Å². The van der Waals surface area contributed by atoms with Gasteiger partial charge in [0, 0.05) is 19.0 Å². The molecular formula is C10H16N2O. The van der Waals surface area contributed by atoms with Crippen LogP contribution >= 0.6 is 0 Å². The van der Waals surface area contributed by atoms with Crippen LogP contribution in [0.1, 0.15) is 24.1 Å². The van der Waals surface area contributed by atoms with E-state index in [1.54, 1.807) is 6.20 Å². The number of pyridine rings is 1. The summed E-state index contributed by atoms with van der Waals surface area (Å²) in [6.45, 7) is 5.25. The van der Waals surface area contributed by atoms with E-state index in [9.17, 15) is 0 Å². The van der Waals surface area contributed by atoms with E-state index in [4.69, 9.17) is 10.5 Å². The summed E-state index contributed by atoms with van der Waals surface area (Å²) in [4.78, 5) is 4.01. The molecular weight excluding hydrogens is 164 g/mol. The molecule has 2 N–H and O–H groups in total. The number of aryl methyl sites for hydroxylation is 1. The lowest BCUT2D eigenvalue weighted by Gasteiger charge is -2.13. The second kappa shape index (κ2) is 4.94. The van der Waals surface area contributed by atoms with Gasteiger partial charge in [0.15, 0.2) is 0 Å². The highest BCUT2D eigenvalue weighted by Crippen LogP contribution is 2.13. The zero-order chi connectivity index (χ0) is 9.68. The Bertz CT molecular complexity index is 263. The second-order valence-electron chi connectivity index (χ2n) is 3.00. The van der Waals surface area contributed by atoms with Gasteiger partial charge in [-0.3, -0.25) is 4.98 Å². The molecule has 1 atom stereocenters. The van der Waals surface area contributed by atoms with Crippen LogP contribution in [0.15, 0.2) is 18.5 Å². The Hall–Kier alpha value is -0.930. The minimum atomic E-state index is -0.0389. The smallest absolute Gasteiger partial charge is 0.0659 e. The van der Waals surface area contributed by atoms with Crippen molar-refractivity contribution in [3.05, 3.63) is 29.6 Å². The molecule has 1 heterocycles. The Morgan fingerprint density at radius 2 is 2.38 bits per heavy atom. The van der Waals surface area contributed by atoms with E-state index in [2.05, 4.69) is 4.98 Å². The molecule has 0 aliphatic rings. The van der Waals surface area contributed by atoms with Gasteiger partial charge in [-0.15, -0.1) is 0 Å². The van der Waals surface area contributed by atoms with Gasteiger partial charge in [-0.05, 0) is 31.0 Å². The second-order valence-corrected chi connectivity index (χ2v) is 3.00. The summed E-state index contributed by atoms with van der Waals surface area (Å²) in [5, 5.41) is 0. The number of hydrogen-bond acceptors (Lipinski definition) is 3. The predicted octanol–water partition coefficient (Wildman–Crippen LogP) is 1.43. The lowest BCUT2D eigenvalue weighted by atomic mass is 10.1. The molecule has 1 unspecified atom stereocenters. The van der Waals surface area contributed by atoms with Crippen molar-refractivity contribution >= 4 is 0 Å². The van der Waals surface area contributed by atoms with E-state index in [0.29, 0.717) is 13.2 Å². The highest BCUT2D eigenvalue weighted by molar-refractivity contribution is 5.24. The SMILES string of the molecule is CCOCC(N)c1ccncc1C. The summed E-state index contributed by atoms with van der Waals surface area (Å²) < 4.78 is 5.26. The molecule has 1 rings (SSSR count). The van der Waals surface area contributed by atoms with Crippen molar-refractivity contribution in [2.75, 3.05) is 13.2 Å². The Morgan fingerprint density at radius 1 is 1.62 bits per heavy atom. The molecule has 0 spiro atoms. The highest BCUT2D eigenvalue weighted by Gasteiger charge is 2.07. The van der Waals surface area contributed by atoms with Gasteiger partial charge in [0.1, 0.15) is 0 Å². The zero-order valence-corrected chi connectivity index (χ0v) is 8.16. The number of rotatable bonds is 4. The average Bonchev–Trinajstić information content (AvgIpc) is 2.15. The number of aromatic nitrogens is 1. The quantitative estimate of drug-likeness (QED) is 0.762. The minimum Gasteiger partial charge on any atom is -0.380 e. The first kappa shape index (κ1) is 10.2. The molecule has 13 heavy (non-hydrogen) atoms. The maximum Gasteiger partial charge on any atom is 0.0659 e. The lowest BCUT2D eigenvalue weighted by molar-refractivity contribution is 0.133. The topological polar surface area (TPSA) is 48.1 Å². The van der Waals surface area contributed by atoms with Crippen LogP contribution in [0.25, 0.3) is 0 Å². The van der Waals surface area contributed by atoms with E-state index in [1.165, 1.54) is 0 Å². The van der Waals surface area contributed by atoms with E-state index < -0.39 is 0 Å². The van der Waals surface area contributed by atoms with Crippen molar-refractivity contribution in [3.8, 4) is 0 Å². The molecule has 72 valence electrons. The maximum atomic E-state index is 5.93. The summed E-state index contributed by atoms with van der Waals surface area (Å²) >= 11 is 0. The first-order valence-electron chi connectivity index (χ1n) is 4.49. The van der Waals surface area contributed by atoms with E-state index in [1.807, 2.05) is 26.1 Å². The van der Waals surface area contributed by atoms with Gasteiger partial charge in [0.2, 0.25) is 0 Å². The van der Waals surface area contributed by atoms with E-state index in [-0.39, 0.29) is 6.04 Å². The van der Waals surface area contributed by atoms with Gasteiger partial charge in [-0.2, -0.15) is 0 Å². The third kappa shape index (κ3) is 2.79. The van der Waals surface area contributed by atoms with Crippen LogP contribution in [0.3, 0.4) is 0 Å². The molecule has 1 aromatic rings. The molecule has 0 aliphatic heterocycles. The van der Waals surface area contributed by atoms with E-state index in [0.717, 1.165) is 11.1 Å². The van der Waals surface area contributed by atoms with Gasteiger partial charge in [-0.1, -0.05) is 0 Å². The fourth-order valence-electron chi connectivity index (χ4n) is 1.23. The average molecular weight is 180 g/mol. The predicted molar refractivity (Wildman–Crippen MR) is 52.4 cm³/mol. The Balaban J connectivity index is 2.65. The maximum absolute atomic E-state index is 5.93. The standard InChI is InChI=1S/C10H16N2O/c1-3-13-7-10(11)9-4-5-12-6-8(9)2/h4-6,10H,3,7,11H2,1-2H3. The van der Waals surface area contributed by atoms with Crippen LogP contribution in [0.4, 0.5) is 0 Å². The monoisotopic (exact) mass is 180 g/mol. The summed E-state index contributed by atoms with van der Waals surface area (Å²) in [7, 11) is 0. The normalized spacial score (nSPS) is 12.8. The first-order chi connectivity index (χ1) is 6.25. The third-order valence-corrected chi connectivity index (χ3v) is 1.96. The molecule has 1 aromatic heterocycles. The van der Waals surface area contributed by atoms with Gasteiger partial charge >= 0.3 is 0 Å². The van der Waals surface area contributed by atoms with Crippen molar-refractivity contribution in [1.29, 1.82) is 0 Å². The number of ether oxygens (including phenoxy) is 1. The lowest BCUT2D eigenvalue weighted by Crippen LogP contribution is -2.18. The molecule has 0 aromatic carbocycles. The van der Waals surface area contributed by atoms with Crippen LogP contribution in [0.5, 0.6) is 0 Å². The number of nitrogens with zero attached hydrogens (tertiary/aromatic N) is 1. The molecule has 0 bridgehead atoms. The molecule has 3 heteroatoms. The molecule has 0 saturated carbocycles. The summed E-state index contributed by atoms with van der Waals surface area (Å²) in [6, 6.07) is 1.90. The molecule has 0 fully saturated rings. The highest BCUT2D eigenvalue weighted by atomic mass is 16.5. The summed E-state index contributed by atoms with van der Waals surface area (Å²) in [5.74, 6) is 0. The molecule has 0 aliphatic carbocycles. The minimum absolute atomic E-state index is 0.0389. The van der Waals surface area contributed by atoms with Crippen molar-refractivity contribution in [2.24, 2.45) is 5.73 Å². The largest absolute Gasteiger partial charge is 0.380 e. The van der Waals surface area contributed by atoms with Crippen molar-refractivity contribution in [1.82, 2.24) is 4.98 Å². The molecule has 0 radical (unpaired) electrons.